The molecule has 1 atom stereocenters. The molecule has 3 aromatic rings. The van der Waals surface area contributed by atoms with Crippen LogP contribution in [0.4, 0.5) is 19.4 Å². The van der Waals surface area contributed by atoms with Crippen LogP contribution >= 0.6 is 0 Å². The normalized spacial score (nSPS) is 11.7. The second-order valence-electron chi connectivity index (χ2n) is 8.72. The number of nitrogens with zero attached hydrogens (tertiary/aromatic N) is 3. The zero-order chi connectivity index (χ0) is 26.8. The lowest BCUT2D eigenvalue weighted by atomic mass is 10.1. The number of aliphatic hydroxyl groups excluding tert-OH is 1. The maximum absolute atomic E-state index is 13.9. The van der Waals surface area contributed by atoms with Gasteiger partial charge in [-0.3, -0.25) is 14.8 Å². The fourth-order valence-electron chi connectivity index (χ4n) is 3.96. The summed E-state index contributed by atoms with van der Waals surface area (Å²) in [5.41, 5.74) is 1.89. The predicted molar refractivity (Wildman–Crippen MR) is 136 cm³/mol. The van der Waals surface area contributed by atoms with Crippen LogP contribution in [0.3, 0.4) is 0 Å². The Balaban J connectivity index is 1.57. The van der Waals surface area contributed by atoms with Gasteiger partial charge in [-0.25, -0.2) is 13.6 Å². The summed E-state index contributed by atoms with van der Waals surface area (Å²) < 4.78 is 34.4. The van der Waals surface area contributed by atoms with Crippen molar-refractivity contribution in [2.75, 3.05) is 25.6 Å². The SMILES string of the molecule is CN(C(=O)CCc1cccc(F)c1F)[C@@H](CCCCO)COC(=O)Nc1cc(-c2ccccc2)n(C)n1. The summed E-state index contributed by atoms with van der Waals surface area (Å²) in [6, 6.07) is 14.8. The first-order chi connectivity index (χ1) is 17.8. The number of carbonyl (C=O) groups is 2. The molecule has 3 rings (SSSR count). The summed E-state index contributed by atoms with van der Waals surface area (Å²) in [7, 11) is 3.35. The van der Waals surface area contributed by atoms with E-state index in [4.69, 9.17) is 9.84 Å². The topological polar surface area (TPSA) is 96.7 Å². The Hall–Kier alpha value is -3.79. The Kier molecular flexibility index (Phi) is 10.1. The number of ether oxygens (including phenoxy) is 1. The molecule has 1 heterocycles. The molecular weight excluding hydrogens is 482 g/mol. The first-order valence-corrected chi connectivity index (χ1v) is 12.1. The fraction of sp³-hybridized carbons (Fsp3) is 0.370. The summed E-state index contributed by atoms with van der Waals surface area (Å²) in [6.07, 6.45) is 0.939. The lowest BCUT2D eigenvalue weighted by Crippen LogP contribution is -2.41. The van der Waals surface area contributed by atoms with E-state index < -0.39 is 23.8 Å². The molecule has 0 aliphatic heterocycles. The Morgan fingerprint density at radius 1 is 1.14 bits per heavy atom. The number of nitrogens with one attached hydrogen (secondary N) is 1. The van der Waals surface area contributed by atoms with E-state index in [-0.39, 0.29) is 37.5 Å². The molecule has 0 saturated heterocycles. The molecule has 37 heavy (non-hydrogen) atoms. The molecule has 0 aliphatic carbocycles. The number of halogens is 2. The molecule has 0 radical (unpaired) electrons. The number of rotatable bonds is 12. The Bertz CT molecular complexity index is 1190. The van der Waals surface area contributed by atoms with Crippen LogP contribution in [0.15, 0.2) is 54.6 Å². The molecule has 0 saturated carbocycles. The number of anilines is 1. The minimum atomic E-state index is -0.956. The molecule has 8 nitrogen and oxygen atoms in total. The maximum Gasteiger partial charge on any atom is 0.412 e. The second-order valence-corrected chi connectivity index (χ2v) is 8.72. The number of hydrogen-bond donors (Lipinski definition) is 2. The third kappa shape index (κ3) is 7.85. The van der Waals surface area contributed by atoms with Gasteiger partial charge in [-0.2, -0.15) is 5.10 Å². The van der Waals surface area contributed by atoms with Gasteiger partial charge in [0.15, 0.2) is 17.5 Å². The third-order valence-electron chi connectivity index (χ3n) is 6.11. The Morgan fingerprint density at radius 3 is 2.62 bits per heavy atom. The van der Waals surface area contributed by atoms with Crippen molar-refractivity contribution in [2.45, 2.75) is 38.1 Å². The van der Waals surface area contributed by atoms with Crippen molar-refractivity contribution in [3.8, 4) is 11.3 Å². The van der Waals surface area contributed by atoms with Crippen LogP contribution in [0.1, 0.15) is 31.2 Å². The quantitative estimate of drug-likeness (QED) is 0.346. The van der Waals surface area contributed by atoms with Crippen LogP contribution in [0, 0.1) is 11.6 Å². The van der Waals surface area contributed by atoms with Crippen LogP contribution in [0.5, 0.6) is 0 Å². The highest BCUT2D eigenvalue weighted by atomic mass is 19.2. The third-order valence-corrected chi connectivity index (χ3v) is 6.11. The zero-order valence-corrected chi connectivity index (χ0v) is 21.0. The Labute approximate surface area is 214 Å². The van der Waals surface area contributed by atoms with Crippen LogP contribution in [-0.4, -0.2) is 58.1 Å². The van der Waals surface area contributed by atoms with E-state index in [1.165, 1.54) is 17.0 Å². The van der Waals surface area contributed by atoms with Gasteiger partial charge in [0, 0.05) is 33.2 Å². The summed E-state index contributed by atoms with van der Waals surface area (Å²) in [4.78, 5) is 26.7. The minimum absolute atomic E-state index is 0.00793. The lowest BCUT2D eigenvalue weighted by molar-refractivity contribution is -0.133. The molecule has 0 bridgehead atoms. The number of unbranched alkanes of at least 4 members (excludes halogenated alkanes) is 1. The van der Waals surface area contributed by atoms with Crippen molar-refractivity contribution < 1.29 is 28.2 Å². The van der Waals surface area contributed by atoms with Gasteiger partial charge in [0.1, 0.15) is 6.61 Å². The first kappa shape index (κ1) is 27.8. The van der Waals surface area contributed by atoms with Gasteiger partial charge in [0.25, 0.3) is 0 Å². The minimum Gasteiger partial charge on any atom is -0.447 e. The van der Waals surface area contributed by atoms with E-state index in [1.807, 2.05) is 30.3 Å². The van der Waals surface area contributed by atoms with Crippen molar-refractivity contribution in [1.29, 1.82) is 0 Å². The molecule has 2 aromatic carbocycles. The number of hydrogen-bond acceptors (Lipinski definition) is 5. The highest BCUT2D eigenvalue weighted by Crippen LogP contribution is 2.22. The number of carbonyl (C=O) groups excluding carboxylic acids is 2. The van der Waals surface area contributed by atoms with Crippen molar-refractivity contribution in [1.82, 2.24) is 14.7 Å². The molecule has 0 unspecified atom stereocenters. The molecule has 1 aromatic heterocycles. The van der Waals surface area contributed by atoms with E-state index in [1.54, 1.807) is 24.8 Å². The van der Waals surface area contributed by atoms with Crippen molar-refractivity contribution in [3.05, 3.63) is 71.8 Å². The van der Waals surface area contributed by atoms with Crippen molar-refractivity contribution in [2.24, 2.45) is 7.05 Å². The number of benzene rings is 2. The van der Waals surface area contributed by atoms with E-state index in [0.29, 0.717) is 25.1 Å². The number of aromatic nitrogens is 2. The second kappa shape index (κ2) is 13.5. The number of likely N-dealkylation sites (N-methyl/N-ethyl adjacent to an activating group) is 1. The van der Waals surface area contributed by atoms with Gasteiger partial charge in [0.05, 0.1) is 11.7 Å². The van der Waals surface area contributed by atoms with Gasteiger partial charge in [-0.05, 0) is 42.9 Å². The van der Waals surface area contributed by atoms with E-state index in [9.17, 15) is 18.4 Å². The number of amides is 2. The summed E-state index contributed by atoms with van der Waals surface area (Å²) in [5.74, 6) is -1.88. The van der Waals surface area contributed by atoms with Gasteiger partial charge in [-0.15, -0.1) is 0 Å². The standard InChI is InChI=1S/C27H32F2N4O4/c1-32(25(35)15-14-20-11-8-13-22(28)26(20)29)21(12-6-7-16-34)18-37-27(36)30-24-17-23(33(2)31-24)19-9-4-3-5-10-19/h3-5,8-11,13,17,21,34H,6-7,12,14-16,18H2,1-2H3,(H,30,31,36)/t21-/m0/s1. The van der Waals surface area contributed by atoms with Crippen molar-refractivity contribution >= 4 is 17.8 Å². The van der Waals surface area contributed by atoms with E-state index in [0.717, 1.165) is 17.3 Å². The molecular formula is C27H32F2N4O4. The van der Waals surface area contributed by atoms with E-state index >= 15 is 0 Å². The fourth-order valence-corrected chi connectivity index (χ4v) is 3.96. The molecule has 2 N–H and O–H groups in total. The monoisotopic (exact) mass is 514 g/mol. The largest absolute Gasteiger partial charge is 0.447 e. The van der Waals surface area contributed by atoms with Gasteiger partial charge in [-0.1, -0.05) is 42.5 Å². The Morgan fingerprint density at radius 2 is 1.89 bits per heavy atom. The predicted octanol–water partition coefficient (Wildman–Crippen LogP) is 4.54. The molecule has 0 fully saturated rings. The highest BCUT2D eigenvalue weighted by molar-refractivity contribution is 5.84. The molecule has 0 aliphatic rings. The average molecular weight is 515 g/mol. The highest BCUT2D eigenvalue weighted by Gasteiger charge is 2.22. The number of aliphatic hydroxyl groups is 1. The van der Waals surface area contributed by atoms with Crippen LogP contribution in [0.2, 0.25) is 0 Å². The van der Waals surface area contributed by atoms with Crippen LogP contribution in [0.25, 0.3) is 11.3 Å². The summed E-state index contributed by atoms with van der Waals surface area (Å²) >= 11 is 0. The van der Waals surface area contributed by atoms with Crippen LogP contribution in [-0.2, 0) is 23.0 Å². The van der Waals surface area contributed by atoms with E-state index in [2.05, 4.69) is 10.4 Å². The van der Waals surface area contributed by atoms with Gasteiger partial charge < -0.3 is 14.7 Å². The lowest BCUT2D eigenvalue weighted by Gasteiger charge is -2.28. The maximum atomic E-state index is 13.9. The zero-order valence-electron chi connectivity index (χ0n) is 21.0. The van der Waals surface area contributed by atoms with Gasteiger partial charge >= 0.3 is 6.09 Å². The van der Waals surface area contributed by atoms with Crippen molar-refractivity contribution in [3.63, 3.8) is 0 Å². The molecule has 198 valence electrons. The summed E-state index contributed by atoms with van der Waals surface area (Å²) in [5, 5.41) is 16.0. The number of aryl methyl sites for hydroxylation is 2. The summed E-state index contributed by atoms with van der Waals surface area (Å²) in [6.45, 7) is -0.0692. The van der Waals surface area contributed by atoms with Gasteiger partial charge in [0.2, 0.25) is 5.91 Å². The molecule has 10 heteroatoms. The average Bonchev–Trinajstić information content (AvgIpc) is 3.26. The first-order valence-electron chi connectivity index (χ1n) is 12.1. The van der Waals surface area contributed by atoms with Crippen LogP contribution < -0.4 is 5.32 Å². The molecule has 2 amide bonds. The smallest absolute Gasteiger partial charge is 0.412 e. The molecule has 0 spiro atoms.